The third kappa shape index (κ3) is 3.09. The minimum absolute atomic E-state index is 0.0441. The largest absolute Gasteiger partial charge is 0.393 e. The Bertz CT molecular complexity index is 759. The van der Waals surface area contributed by atoms with Crippen molar-refractivity contribution in [1.82, 2.24) is 14.9 Å². The average Bonchev–Trinajstić information content (AvgIpc) is 2.62. The first-order chi connectivity index (χ1) is 11.6. The second kappa shape index (κ2) is 6.49. The van der Waals surface area contributed by atoms with Crippen molar-refractivity contribution in [2.24, 2.45) is 0 Å². The van der Waals surface area contributed by atoms with Gasteiger partial charge in [0.15, 0.2) is 0 Å². The molecule has 0 atom stereocenters. The smallest absolute Gasteiger partial charge is 0.292 e. The normalized spacial score (nSPS) is 14.5. The minimum Gasteiger partial charge on any atom is -0.393 e. The van der Waals surface area contributed by atoms with Gasteiger partial charge in [0.25, 0.3) is 11.6 Å². The van der Waals surface area contributed by atoms with E-state index in [4.69, 9.17) is 5.73 Å². The predicted octanol–water partition coefficient (Wildman–Crippen LogP) is 0.929. The molecule has 3 rings (SSSR count). The van der Waals surface area contributed by atoms with Crippen LogP contribution >= 0.6 is 0 Å². The lowest BCUT2D eigenvalue weighted by Gasteiger charge is -2.34. The van der Waals surface area contributed by atoms with Crippen molar-refractivity contribution in [3.05, 3.63) is 52.3 Å². The molecule has 1 aromatic carbocycles. The van der Waals surface area contributed by atoms with E-state index in [0.717, 1.165) is 0 Å². The second-order valence-corrected chi connectivity index (χ2v) is 5.36. The van der Waals surface area contributed by atoms with E-state index in [0.29, 0.717) is 32.1 Å². The first kappa shape index (κ1) is 15.7. The van der Waals surface area contributed by atoms with Crippen LogP contribution in [0, 0.1) is 10.1 Å². The predicted molar refractivity (Wildman–Crippen MR) is 87.7 cm³/mol. The quantitative estimate of drug-likeness (QED) is 0.505. The molecule has 1 saturated heterocycles. The monoisotopic (exact) mass is 328 g/mol. The summed E-state index contributed by atoms with van der Waals surface area (Å²) in [6, 6.07) is 5.87. The van der Waals surface area contributed by atoms with Gasteiger partial charge in [-0.1, -0.05) is 0 Å². The van der Waals surface area contributed by atoms with Crippen LogP contribution in [-0.4, -0.2) is 51.9 Å². The van der Waals surface area contributed by atoms with Gasteiger partial charge in [0.2, 0.25) is 5.95 Å². The topological polar surface area (TPSA) is 118 Å². The second-order valence-electron chi connectivity index (χ2n) is 5.36. The molecule has 0 aliphatic carbocycles. The van der Waals surface area contributed by atoms with Crippen LogP contribution in [0.15, 0.2) is 36.7 Å². The lowest BCUT2D eigenvalue weighted by Crippen LogP contribution is -2.49. The molecule has 2 heterocycles. The van der Waals surface area contributed by atoms with E-state index in [1.165, 1.54) is 18.2 Å². The van der Waals surface area contributed by atoms with Gasteiger partial charge >= 0.3 is 0 Å². The molecule has 0 unspecified atom stereocenters. The Morgan fingerprint density at radius 3 is 2.46 bits per heavy atom. The van der Waals surface area contributed by atoms with Crippen LogP contribution < -0.4 is 10.6 Å². The van der Waals surface area contributed by atoms with Gasteiger partial charge in [0.05, 0.1) is 4.92 Å². The molecule has 1 aromatic heterocycles. The van der Waals surface area contributed by atoms with Gasteiger partial charge in [-0.3, -0.25) is 14.9 Å². The Morgan fingerprint density at radius 1 is 1.17 bits per heavy atom. The van der Waals surface area contributed by atoms with E-state index in [9.17, 15) is 14.9 Å². The fraction of sp³-hybridized carbons (Fsp3) is 0.267. The number of anilines is 2. The standard InChI is InChI=1S/C15H16N6O3/c16-12-3-2-11(10-13(12)21(23)24)14(22)19-6-8-20(9-7-19)15-17-4-1-5-18-15/h1-5,10H,6-9,16H2. The number of carbonyl (C=O) groups excluding carboxylic acids is 1. The molecule has 0 bridgehead atoms. The number of nitro benzene ring substituents is 1. The van der Waals surface area contributed by atoms with Crippen molar-refractivity contribution in [3.63, 3.8) is 0 Å². The molecule has 0 radical (unpaired) electrons. The first-order valence-electron chi connectivity index (χ1n) is 7.41. The van der Waals surface area contributed by atoms with Crippen molar-refractivity contribution >= 4 is 23.2 Å². The third-order valence-corrected chi connectivity index (χ3v) is 3.88. The number of rotatable bonds is 3. The zero-order chi connectivity index (χ0) is 17.1. The first-order valence-corrected chi connectivity index (χ1v) is 7.41. The van der Waals surface area contributed by atoms with Gasteiger partial charge < -0.3 is 15.5 Å². The molecule has 1 aliphatic rings. The molecule has 2 N–H and O–H groups in total. The highest BCUT2D eigenvalue weighted by molar-refractivity contribution is 5.95. The Labute approximate surface area is 137 Å². The summed E-state index contributed by atoms with van der Waals surface area (Å²) in [6.45, 7) is 2.20. The summed E-state index contributed by atoms with van der Waals surface area (Å²) in [6.07, 6.45) is 3.35. The number of hydrogen-bond donors (Lipinski definition) is 1. The zero-order valence-electron chi connectivity index (χ0n) is 12.8. The highest BCUT2D eigenvalue weighted by atomic mass is 16.6. The third-order valence-electron chi connectivity index (χ3n) is 3.88. The summed E-state index contributed by atoms with van der Waals surface area (Å²) in [5.74, 6) is 0.388. The van der Waals surface area contributed by atoms with Gasteiger partial charge in [0.1, 0.15) is 5.69 Å². The van der Waals surface area contributed by atoms with Crippen LogP contribution in [0.2, 0.25) is 0 Å². The number of nitro groups is 1. The molecule has 24 heavy (non-hydrogen) atoms. The van der Waals surface area contributed by atoms with Crippen LogP contribution in [0.3, 0.4) is 0 Å². The summed E-state index contributed by atoms with van der Waals surface area (Å²) in [5, 5.41) is 11.0. The van der Waals surface area contributed by atoms with E-state index >= 15 is 0 Å². The van der Waals surface area contributed by atoms with Crippen LogP contribution in [0.25, 0.3) is 0 Å². The summed E-state index contributed by atoms with van der Waals surface area (Å²) >= 11 is 0. The molecule has 124 valence electrons. The van der Waals surface area contributed by atoms with Gasteiger partial charge in [0, 0.05) is 50.2 Å². The Morgan fingerprint density at radius 2 is 1.83 bits per heavy atom. The van der Waals surface area contributed by atoms with Gasteiger partial charge in [-0.15, -0.1) is 0 Å². The molecule has 0 saturated carbocycles. The maximum absolute atomic E-state index is 12.5. The van der Waals surface area contributed by atoms with E-state index in [1.807, 2.05) is 4.90 Å². The van der Waals surface area contributed by atoms with Crippen molar-refractivity contribution in [2.75, 3.05) is 36.8 Å². The molecule has 9 heteroatoms. The summed E-state index contributed by atoms with van der Waals surface area (Å²) in [7, 11) is 0. The Hall–Kier alpha value is -3.23. The molecule has 1 amide bonds. The summed E-state index contributed by atoms with van der Waals surface area (Å²) < 4.78 is 0. The number of amides is 1. The van der Waals surface area contributed by atoms with Crippen LogP contribution in [0.5, 0.6) is 0 Å². The number of carbonyl (C=O) groups is 1. The molecule has 2 aromatic rings. The number of hydrogen-bond acceptors (Lipinski definition) is 7. The van der Waals surface area contributed by atoms with Crippen molar-refractivity contribution in [3.8, 4) is 0 Å². The molecular formula is C15H16N6O3. The van der Waals surface area contributed by atoms with Crippen LogP contribution in [0.1, 0.15) is 10.4 Å². The molecular weight excluding hydrogens is 312 g/mol. The fourth-order valence-corrected chi connectivity index (χ4v) is 2.58. The Kier molecular flexibility index (Phi) is 4.23. The highest BCUT2D eigenvalue weighted by Gasteiger charge is 2.25. The molecule has 1 aliphatic heterocycles. The summed E-state index contributed by atoms with van der Waals surface area (Å²) in [4.78, 5) is 35.0. The highest BCUT2D eigenvalue weighted by Crippen LogP contribution is 2.23. The molecule has 9 nitrogen and oxygen atoms in total. The number of piperazine rings is 1. The van der Waals surface area contributed by atoms with E-state index in [1.54, 1.807) is 23.4 Å². The number of nitrogens with zero attached hydrogens (tertiary/aromatic N) is 5. The van der Waals surface area contributed by atoms with Crippen molar-refractivity contribution < 1.29 is 9.72 Å². The zero-order valence-corrected chi connectivity index (χ0v) is 12.8. The molecule has 0 spiro atoms. The Balaban J connectivity index is 1.69. The minimum atomic E-state index is -0.587. The van der Waals surface area contributed by atoms with Crippen molar-refractivity contribution in [1.29, 1.82) is 0 Å². The number of nitrogen functional groups attached to an aromatic ring is 1. The van der Waals surface area contributed by atoms with Gasteiger partial charge in [-0.25, -0.2) is 9.97 Å². The number of nitrogens with two attached hydrogens (primary N) is 1. The number of aromatic nitrogens is 2. The maximum Gasteiger partial charge on any atom is 0.292 e. The van der Waals surface area contributed by atoms with Crippen molar-refractivity contribution in [2.45, 2.75) is 0 Å². The van der Waals surface area contributed by atoms with E-state index in [2.05, 4.69) is 9.97 Å². The lowest BCUT2D eigenvalue weighted by atomic mass is 10.1. The van der Waals surface area contributed by atoms with E-state index in [-0.39, 0.29) is 22.8 Å². The maximum atomic E-state index is 12.5. The number of benzene rings is 1. The SMILES string of the molecule is Nc1ccc(C(=O)N2CCN(c3ncccn3)CC2)cc1[N+](=O)[O-]. The van der Waals surface area contributed by atoms with E-state index < -0.39 is 4.92 Å². The summed E-state index contributed by atoms with van der Waals surface area (Å²) in [5.41, 5.74) is 5.62. The molecule has 1 fully saturated rings. The average molecular weight is 328 g/mol. The lowest BCUT2D eigenvalue weighted by molar-refractivity contribution is -0.383. The van der Waals surface area contributed by atoms with Crippen LogP contribution in [0.4, 0.5) is 17.3 Å². The van der Waals surface area contributed by atoms with Gasteiger partial charge in [-0.05, 0) is 18.2 Å². The van der Waals surface area contributed by atoms with Gasteiger partial charge in [-0.2, -0.15) is 0 Å². The fourth-order valence-electron chi connectivity index (χ4n) is 2.58. The van der Waals surface area contributed by atoms with Crippen LogP contribution in [-0.2, 0) is 0 Å².